The van der Waals surface area contributed by atoms with E-state index in [2.05, 4.69) is 30.6 Å². The average Bonchev–Trinajstić information content (AvgIpc) is 3.17. The van der Waals surface area contributed by atoms with Crippen LogP contribution in [0.1, 0.15) is 34.7 Å². The molecule has 108 valence electrons. The Balaban J connectivity index is 1.55. The van der Waals surface area contributed by atoms with Crippen LogP contribution in [0.3, 0.4) is 0 Å². The standard InChI is InChI=1S/C13H14N6OS/c20-11(13-16-18-19-17-13)5-4-10-8-21-12(15-10)7-9-3-1-2-6-14-9/h1-3,6,8,11,20H,4-5,7H2,(H,16,17,18,19). The summed E-state index contributed by atoms with van der Waals surface area (Å²) in [4.78, 5) is 8.85. The van der Waals surface area contributed by atoms with Crippen molar-refractivity contribution in [3.8, 4) is 0 Å². The number of nitrogens with zero attached hydrogens (tertiary/aromatic N) is 5. The molecular formula is C13H14N6OS. The molecule has 3 aromatic rings. The lowest BCUT2D eigenvalue weighted by Crippen LogP contribution is -2.02. The zero-order valence-corrected chi connectivity index (χ0v) is 12.0. The lowest BCUT2D eigenvalue weighted by Gasteiger charge is -2.03. The van der Waals surface area contributed by atoms with Crippen molar-refractivity contribution in [3.05, 3.63) is 52.0 Å². The maximum atomic E-state index is 9.89. The number of hydrogen-bond donors (Lipinski definition) is 2. The number of aryl methyl sites for hydroxylation is 1. The summed E-state index contributed by atoms with van der Waals surface area (Å²) in [6.07, 6.45) is 3.00. The second kappa shape index (κ2) is 6.51. The third-order valence-corrected chi connectivity index (χ3v) is 3.89. The van der Waals surface area contributed by atoms with E-state index in [4.69, 9.17) is 0 Å². The lowest BCUT2D eigenvalue weighted by molar-refractivity contribution is 0.157. The highest BCUT2D eigenvalue weighted by Crippen LogP contribution is 2.18. The van der Waals surface area contributed by atoms with Crippen molar-refractivity contribution in [2.45, 2.75) is 25.4 Å². The van der Waals surface area contributed by atoms with E-state index in [1.54, 1.807) is 17.5 Å². The average molecular weight is 302 g/mol. The van der Waals surface area contributed by atoms with Gasteiger partial charge in [0, 0.05) is 23.7 Å². The smallest absolute Gasteiger partial charge is 0.202 e. The highest BCUT2D eigenvalue weighted by Gasteiger charge is 2.13. The Bertz CT molecular complexity index is 669. The Morgan fingerprint density at radius 2 is 2.24 bits per heavy atom. The number of hydrogen-bond acceptors (Lipinski definition) is 7. The van der Waals surface area contributed by atoms with Crippen molar-refractivity contribution in [1.82, 2.24) is 30.6 Å². The van der Waals surface area contributed by atoms with Gasteiger partial charge < -0.3 is 5.11 Å². The molecule has 0 aliphatic heterocycles. The Labute approximate surface area is 125 Å². The van der Waals surface area contributed by atoms with Crippen LogP contribution >= 0.6 is 11.3 Å². The number of aromatic amines is 1. The van der Waals surface area contributed by atoms with Gasteiger partial charge in [-0.05, 0) is 25.0 Å². The third kappa shape index (κ3) is 3.67. The first-order chi connectivity index (χ1) is 10.3. The number of tetrazole rings is 1. The monoisotopic (exact) mass is 302 g/mol. The van der Waals surface area contributed by atoms with Crippen LogP contribution in [0.15, 0.2) is 29.8 Å². The molecule has 2 N–H and O–H groups in total. The maximum absolute atomic E-state index is 9.89. The molecule has 0 radical (unpaired) electrons. The van der Waals surface area contributed by atoms with Gasteiger partial charge in [-0.2, -0.15) is 5.21 Å². The van der Waals surface area contributed by atoms with Gasteiger partial charge in [-0.25, -0.2) is 4.98 Å². The highest BCUT2D eigenvalue weighted by molar-refractivity contribution is 7.09. The van der Waals surface area contributed by atoms with Crippen LogP contribution in [0.2, 0.25) is 0 Å². The van der Waals surface area contributed by atoms with Gasteiger partial charge in [-0.15, -0.1) is 21.5 Å². The van der Waals surface area contributed by atoms with Crippen molar-refractivity contribution in [3.63, 3.8) is 0 Å². The topological polar surface area (TPSA) is 100 Å². The molecule has 21 heavy (non-hydrogen) atoms. The summed E-state index contributed by atoms with van der Waals surface area (Å²) in [6.45, 7) is 0. The zero-order valence-electron chi connectivity index (χ0n) is 11.2. The lowest BCUT2D eigenvalue weighted by atomic mass is 10.1. The number of aliphatic hydroxyl groups excluding tert-OH is 1. The molecule has 0 bridgehead atoms. The molecule has 0 aliphatic rings. The maximum Gasteiger partial charge on any atom is 0.202 e. The van der Waals surface area contributed by atoms with Gasteiger partial charge in [0.05, 0.1) is 10.7 Å². The largest absolute Gasteiger partial charge is 0.385 e. The quantitative estimate of drug-likeness (QED) is 0.712. The summed E-state index contributed by atoms with van der Waals surface area (Å²) < 4.78 is 0. The number of thiazole rings is 1. The number of pyridine rings is 1. The normalized spacial score (nSPS) is 12.4. The van der Waals surface area contributed by atoms with Gasteiger partial charge in [-0.3, -0.25) is 4.98 Å². The van der Waals surface area contributed by atoms with E-state index in [0.717, 1.165) is 22.8 Å². The Hall–Kier alpha value is -2.19. The highest BCUT2D eigenvalue weighted by atomic mass is 32.1. The van der Waals surface area contributed by atoms with Gasteiger partial charge in [0.15, 0.2) is 0 Å². The van der Waals surface area contributed by atoms with Crippen molar-refractivity contribution in [2.24, 2.45) is 0 Å². The molecule has 0 aromatic carbocycles. The number of aliphatic hydroxyl groups is 1. The molecular weight excluding hydrogens is 288 g/mol. The number of rotatable bonds is 6. The number of H-pyrrole nitrogens is 1. The van der Waals surface area contributed by atoms with Gasteiger partial charge in [0.1, 0.15) is 6.10 Å². The molecule has 3 rings (SSSR count). The fraction of sp³-hybridized carbons (Fsp3) is 0.308. The van der Waals surface area contributed by atoms with Crippen LogP contribution in [0, 0.1) is 0 Å². The molecule has 0 aliphatic carbocycles. The molecule has 3 aromatic heterocycles. The Morgan fingerprint density at radius 1 is 1.29 bits per heavy atom. The number of aromatic nitrogens is 6. The third-order valence-electron chi connectivity index (χ3n) is 2.99. The first-order valence-electron chi connectivity index (χ1n) is 6.56. The summed E-state index contributed by atoms with van der Waals surface area (Å²) in [5.74, 6) is 0.318. The SMILES string of the molecule is OC(CCc1csc(Cc2ccccn2)n1)c1nn[nH]n1. The molecule has 1 atom stereocenters. The van der Waals surface area contributed by atoms with Crippen molar-refractivity contribution < 1.29 is 5.11 Å². The van der Waals surface area contributed by atoms with Gasteiger partial charge in [0.25, 0.3) is 0 Å². The molecule has 0 spiro atoms. The molecule has 0 saturated heterocycles. The second-order valence-corrected chi connectivity index (χ2v) is 5.50. The Morgan fingerprint density at radius 3 is 3.00 bits per heavy atom. The van der Waals surface area contributed by atoms with Gasteiger partial charge >= 0.3 is 0 Å². The van der Waals surface area contributed by atoms with E-state index in [-0.39, 0.29) is 0 Å². The van der Waals surface area contributed by atoms with E-state index in [1.807, 2.05) is 23.6 Å². The molecule has 1 unspecified atom stereocenters. The fourth-order valence-electron chi connectivity index (χ4n) is 1.93. The molecule has 3 heterocycles. The number of nitrogens with one attached hydrogen (secondary N) is 1. The predicted octanol–water partition coefficient (Wildman–Crippen LogP) is 1.31. The van der Waals surface area contributed by atoms with E-state index in [1.165, 1.54) is 0 Å². The summed E-state index contributed by atoms with van der Waals surface area (Å²) in [5.41, 5.74) is 1.97. The van der Waals surface area contributed by atoms with Crippen LogP contribution in [0.25, 0.3) is 0 Å². The minimum Gasteiger partial charge on any atom is -0.385 e. The van der Waals surface area contributed by atoms with E-state index >= 15 is 0 Å². The molecule has 0 saturated carbocycles. The van der Waals surface area contributed by atoms with Crippen molar-refractivity contribution in [1.29, 1.82) is 0 Å². The summed E-state index contributed by atoms with van der Waals surface area (Å²) in [6, 6.07) is 5.86. The van der Waals surface area contributed by atoms with Crippen LogP contribution in [0.5, 0.6) is 0 Å². The van der Waals surface area contributed by atoms with Crippen molar-refractivity contribution in [2.75, 3.05) is 0 Å². The zero-order chi connectivity index (χ0) is 14.5. The summed E-state index contributed by atoms with van der Waals surface area (Å²) in [5, 5.41) is 26.2. The van der Waals surface area contributed by atoms with E-state index in [9.17, 15) is 5.11 Å². The van der Waals surface area contributed by atoms with Crippen LogP contribution in [-0.2, 0) is 12.8 Å². The minimum atomic E-state index is -0.718. The van der Waals surface area contributed by atoms with Gasteiger partial charge in [-0.1, -0.05) is 11.3 Å². The summed E-state index contributed by atoms with van der Waals surface area (Å²) >= 11 is 1.61. The van der Waals surface area contributed by atoms with Crippen molar-refractivity contribution >= 4 is 11.3 Å². The minimum absolute atomic E-state index is 0.318. The fourth-order valence-corrected chi connectivity index (χ4v) is 2.77. The van der Waals surface area contributed by atoms with Crippen LogP contribution in [-0.4, -0.2) is 35.7 Å². The predicted molar refractivity (Wildman–Crippen MR) is 76.6 cm³/mol. The molecule has 0 fully saturated rings. The molecule has 8 heteroatoms. The Kier molecular flexibility index (Phi) is 4.27. The van der Waals surface area contributed by atoms with E-state index < -0.39 is 6.10 Å². The van der Waals surface area contributed by atoms with Crippen LogP contribution < -0.4 is 0 Å². The molecule has 0 amide bonds. The first kappa shape index (κ1) is 13.8. The van der Waals surface area contributed by atoms with Crippen LogP contribution in [0.4, 0.5) is 0 Å². The van der Waals surface area contributed by atoms with Gasteiger partial charge in [0.2, 0.25) is 5.82 Å². The first-order valence-corrected chi connectivity index (χ1v) is 7.44. The van der Waals surface area contributed by atoms with E-state index in [0.29, 0.717) is 18.7 Å². The second-order valence-electron chi connectivity index (χ2n) is 4.55. The summed E-state index contributed by atoms with van der Waals surface area (Å²) in [7, 11) is 0. The molecule has 7 nitrogen and oxygen atoms in total.